The van der Waals surface area contributed by atoms with Crippen molar-refractivity contribution in [1.29, 1.82) is 0 Å². The molecule has 3 atom stereocenters. The van der Waals surface area contributed by atoms with Gasteiger partial charge in [-0.05, 0) is 62.1 Å². The van der Waals surface area contributed by atoms with Crippen molar-refractivity contribution in [3.63, 3.8) is 0 Å². The summed E-state index contributed by atoms with van der Waals surface area (Å²) >= 11 is 6.33. The van der Waals surface area contributed by atoms with Gasteiger partial charge in [-0.15, -0.1) is 0 Å². The summed E-state index contributed by atoms with van der Waals surface area (Å²) in [5.74, 6) is -0.830. The molecule has 3 aromatic heterocycles. The van der Waals surface area contributed by atoms with E-state index in [0.717, 1.165) is 29.5 Å². The van der Waals surface area contributed by atoms with E-state index in [1.165, 1.54) is 20.4 Å². The number of carbonyl (C=O) groups excluding carboxylic acids is 1. The summed E-state index contributed by atoms with van der Waals surface area (Å²) in [6.45, 7) is 4.15. The number of carbonyl (C=O) groups is 1. The molecule has 4 heterocycles. The maximum Gasteiger partial charge on any atom is 0.451 e. The Bertz CT molecular complexity index is 1440. The standard InChI is InChI=1S/C26H29ClF3N7O2/c1-13(16-10-20(39-4)32-12-18(16)27)23(38)37-8-7-25(11-19(25)37)6-5-15-9-17(14(2)33-21(15)31)22-34-24(26(28,29)30)36(3)35-22/h9-10,12-13,19H,5-8,11H2,1-4H3,(H2,31,33)/t13-,19?,25-/m1/s1. The number of hydrogen-bond donors (Lipinski definition) is 1. The van der Waals surface area contributed by atoms with Gasteiger partial charge in [-0.25, -0.2) is 19.6 Å². The van der Waals surface area contributed by atoms with Crippen LogP contribution in [-0.4, -0.2) is 55.2 Å². The van der Waals surface area contributed by atoms with Gasteiger partial charge in [0.2, 0.25) is 17.6 Å². The largest absolute Gasteiger partial charge is 0.481 e. The van der Waals surface area contributed by atoms with Crippen molar-refractivity contribution in [1.82, 2.24) is 29.6 Å². The van der Waals surface area contributed by atoms with E-state index in [-0.39, 0.29) is 23.2 Å². The molecule has 1 saturated carbocycles. The van der Waals surface area contributed by atoms with E-state index >= 15 is 0 Å². The summed E-state index contributed by atoms with van der Waals surface area (Å²) in [5, 5.41) is 4.38. The van der Waals surface area contributed by atoms with Crippen LogP contribution in [0.15, 0.2) is 18.3 Å². The Morgan fingerprint density at radius 1 is 1.33 bits per heavy atom. The van der Waals surface area contributed by atoms with Gasteiger partial charge in [0.1, 0.15) is 5.82 Å². The number of piperidine rings is 1. The van der Waals surface area contributed by atoms with Gasteiger partial charge in [0, 0.05) is 37.5 Å². The van der Waals surface area contributed by atoms with E-state index in [4.69, 9.17) is 22.1 Å². The zero-order chi connectivity index (χ0) is 28.3. The molecule has 2 aliphatic rings. The predicted octanol–water partition coefficient (Wildman–Crippen LogP) is 4.57. The van der Waals surface area contributed by atoms with Crippen molar-refractivity contribution in [2.45, 2.75) is 57.7 Å². The highest BCUT2D eigenvalue weighted by Crippen LogP contribution is 2.60. The molecule has 9 nitrogen and oxygen atoms in total. The number of anilines is 1. The van der Waals surface area contributed by atoms with Crippen molar-refractivity contribution in [3.05, 3.63) is 46.0 Å². The lowest BCUT2D eigenvalue weighted by Gasteiger charge is -2.23. The van der Waals surface area contributed by atoms with Crippen molar-refractivity contribution in [2.75, 3.05) is 19.4 Å². The van der Waals surface area contributed by atoms with Crippen LogP contribution >= 0.6 is 11.6 Å². The third kappa shape index (κ3) is 4.90. The Labute approximate surface area is 228 Å². The van der Waals surface area contributed by atoms with Crippen LogP contribution in [0.25, 0.3) is 11.4 Å². The number of methoxy groups -OCH3 is 1. The highest BCUT2D eigenvalue weighted by molar-refractivity contribution is 6.31. The van der Waals surface area contributed by atoms with E-state index in [2.05, 4.69) is 20.1 Å². The lowest BCUT2D eigenvalue weighted by atomic mass is 9.94. The quantitative estimate of drug-likeness (QED) is 0.448. The summed E-state index contributed by atoms with van der Waals surface area (Å²) in [5.41, 5.74) is 8.46. The Morgan fingerprint density at radius 2 is 2.08 bits per heavy atom. The molecule has 1 unspecified atom stereocenters. The van der Waals surface area contributed by atoms with Crippen molar-refractivity contribution in [2.24, 2.45) is 12.5 Å². The second-order valence-corrected chi connectivity index (χ2v) is 10.8. The minimum Gasteiger partial charge on any atom is -0.481 e. The molecule has 2 N–H and O–H groups in total. The van der Waals surface area contributed by atoms with Crippen LogP contribution in [0.4, 0.5) is 19.0 Å². The molecule has 1 aliphatic carbocycles. The van der Waals surface area contributed by atoms with Gasteiger partial charge in [0.05, 0.1) is 23.7 Å². The van der Waals surface area contributed by atoms with Crippen LogP contribution in [0, 0.1) is 12.3 Å². The fraction of sp³-hybridized carbons (Fsp3) is 0.500. The summed E-state index contributed by atoms with van der Waals surface area (Å²) in [6, 6.07) is 3.56. The average Bonchev–Trinajstić information content (AvgIpc) is 3.25. The molecule has 0 radical (unpaired) electrons. The van der Waals surface area contributed by atoms with Crippen molar-refractivity contribution >= 4 is 23.3 Å². The van der Waals surface area contributed by atoms with E-state index in [1.807, 2.05) is 11.8 Å². The molecule has 5 rings (SSSR count). The number of nitrogens with two attached hydrogens (primary N) is 1. The minimum absolute atomic E-state index is 0.00928. The lowest BCUT2D eigenvalue weighted by Crippen LogP contribution is -2.34. The molecular weight excluding hydrogens is 535 g/mol. The molecule has 208 valence electrons. The number of nitrogen functional groups attached to an aromatic ring is 1. The summed E-state index contributed by atoms with van der Waals surface area (Å²) < 4.78 is 45.7. The van der Waals surface area contributed by atoms with Crippen LogP contribution in [-0.2, 0) is 24.4 Å². The molecule has 3 aromatic rings. The van der Waals surface area contributed by atoms with Crippen LogP contribution in [0.2, 0.25) is 5.02 Å². The van der Waals surface area contributed by atoms with Gasteiger partial charge in [-0.1, -0.05) is 11.6 Å². The van der Waals surface area contributed by atoms with Gasteiger partial charge in [-0.2, -0.15) is 18.3 Å². The fourth-order valence-electron chi connectivity index (χ4n) is 5.67. The Balaban J connectivity index is 1.30. The molecule has 1 amide bonds. The number of aryl methyl sites for hydroxylation is 3. The van der Waals surface area contributed by atoms with Gasteiger partial charge >= 0.3 is 6.18 Å². The number of fused-ring (bicyclic) bond motifs is 1. The second-order valence-electron chi connectivity index (χ2n) is 10.4. The molecule has 13 heteroatoms. The maximum absolute atomic E-state index is 13.4. The number of halogens is 4. The lowest BCUT2D eigenvalue weighted by molar-refractivity contribution is -0.147. The first-order chi connectivity index (χ1) is 18.3. The predicted molar refractivity (Wildman–Crippen MR) is 138 cm³/mol. The molecule has 39 heavy (non-hydrogen) atoms. The topological polar surface area (TPSA) is 112 Å². The highest BCUT2D eigenvalue weighted by Gasteiger charge is 2.61. The third-order valence-corrected chi connectivity index (χ3v) is 8.35. The number of pyridine rings is 2. The van der Waals surface area contributed by atoms with E-state index in [0.29, 0.717) is 46.5 Å². The minimum atomic E-state index is -4.61. The van der Waals surface area contributed by atoms with E-state index < -0.39 is 17.9 Å². The molecule has 1 saturated heterocycles. The number of ether oxygens (including phenoxy) is 1. The number of hydrogen-bond acceptors (Lipinski definition) is 7. The number of likely N-dealkylation sites (tertiary alicyclic amines) is 1. The SMILES string of the molecule is COc1cc([C@@H](C)C(=O)N2CC[C@]3(CCc4cc(-c5nc(C(F)(F)F)n(C)n5)c(C)nc4N)CC23)c(Cl)cn1. The Kier molecular flexibility index (Phi) is 6.72. The maximum atomic E-state index is 13.4. The second kappa shape index (κ2) is 9.65. The van der Waals surface area contributed by atoms with Gasteiger partial charge in [0.15, 0.2) is 5.82 Å². The van der Waals surface area contributed by atoms with Gasteiger partial charge in [-0.3, -0.25) is 4.79 Å². The first-order valence-corrected chi connectivity index (χ1v) is 13.0. The summed E-state index contributed by atoms with van der Waals surface area (Å²) in [6.07, 6.45) is -0.0161. The van der Waals surface area contributed by atoms with Crippen LogP contribution in [0.5, 0.6) is 5.88 Å². The van der Waals surface area contributed by atoms with E-state index in [9.17, 15) is 18.0 Å². The molecule has 0 bridgehead atoms. The summed E-state index contributed by atoms with van der Waals surface area (Å²) in [4.78, 5) is 27.5. The first kappa shape index (κ1) is 27.2. The number of alkyl halides is 3. The molecule has 0 spiro atoms. The van der Waals surface area contributed by atoms with Crippen molar-refractivity contribution in [3.8, 4) is 17.3 Å². The molecule has 2 fully saturated rings. The highest BCUT2D eigenvalue weighted by atomic mass is 35.5. The number of amides is 1. The van der Waals surface area contributed by atoms with Gasteiger partial charge < -0.3 is 15.4 Å². The fourth-order valence-corrected chi connectivity index (χ4v) is 5.94. The van der Waals surface area contributed by atoms with Crippen LogP contribution in [0.1, 0.15) is 54.7 Å². The zero-order valence-electron chi connectivity index (χ0n) is 22.0. The van der Waals surface area contributed by atoms with Crippen LogP contribution in [0.3, 0.4) is 0 Å². The normalized spacial score (nSPS) is 21.1. The monoisotopic (exact) mass is 563 g/mol. The summed E-state index contributed by atoms with van der Waals surface area (Å²) in [7, 11) is 2.72. The van der Waals surface area contributed by atoms with Crippen LogP contribution < -0.4 is 10.5 Å². The smallest absolute Gasteiger partial charge is 0.451 e. The number of rotatable bonds is 7. The number of aromatic nitrogens is 5. The average molecular weight is 564 g/mol. The zero-order valence-corrected chi connectivity index (χ0v) is 22.8. The van der Waals surface area contributed by atoms with Gasteiger partial charge in [0.25, 0.3) is 0 Å². The van der Waals surface area contributed by atoms with Crippen molar-refractivity contribution < 1.29 is 22.7 Å². The molecular formula is C26H29ClF3N7O2. The third-order valence-electron chi connectivity index (χ3n) is 8.04. The molecule has 0 aromatic carbocycles. The number of nitrogens with zero attached hydrogens (tertiary/aromatic N) is 6. The Morgan fingerprint density at radius 3 is 2.72 bits per heavy atom. The van der Waals surface area contributed by atoms with E-state index in [1.54, 1.807) is 19.1 Å². The molecule has 1 aliphatic heterocycles. The first-order valence-electron chi connectivity index (χ1n) is 12.6. The Hall–Kier alpha value is -3.41.